The van der Waals surface area contributed by atoms with Gasteiger partial charge in [0.25, 0.3) is 11.6 Å². The van der Waals surface area contributed by atoms with Crippen molar-refractivity contribution in [2.24, 2.45) is 0 Å². The zero-order chi connectivity index (χ0) is 22.2. The average molecular weight is 436 g/mol. The monoisotopic (exact) mass is 436 g/mol. The number of carbonyl (C=O) groups excluding carboxylic acids is 1. The minimum atomic E-state index is -0.821. The first kappa shape index (κ1) is 21.7. The maximum atomic E-state index is 13.0. The van der Waals surface area contributed by atoms with Gasteiger partial charge in [0, 0.05) is 5.69 Å². The number of para-hydroxylation sites is 1. The van der Waals surface area contributed by atoms with E-state index in [0.29, 0.717) is 17.0 Å². The maximum Gasteiger partial charge on any atom is 0.296 e. The molecule has 1 unspecified atom stereocenters. The van der Waals surface area contributed by atoms with Crippen LogP contribution in [-0.2, 0) is 4.79 Å². The number of hydrogen-bond acceptors (Lipinski definition) is 5. The molecule has 3 N–H and O–H groups in total. The lowest BCUT2D eigenvalue weighted by atomic mass is 10.1. The molecule has 0 saturated heterocycles. The van der Waals surface area contributed by atoms with Gasteiger partial charge in [-0.25, -0.2) is 0 Å². The van der Waals surface area contributed by atoms with Crippen LogP contribution in [0.4, 0.5) is 17.1 Å². The Morgan fingerprint density at radius 2 is 1.65 bits per heavy atom. The van der Waals surface area contributed by atoms with E-state index in [-0.39, 0.29) is 22.4 Å². The molecule has 0 fully saturated rings. The fraction of sp³-hybridized carbons (Fsp3) is 0.0909. The Labute approximate surface area is 184 Å². The lowest BCUT2D eigenvalue weighted by molar-refractivity contribution is -0.384. The summed E-state index contributed by atoms with van der Waals surface area (Å²) in [7, 11) is 1.42. The highest BCUT2D eigenvalue weighted by Gasteiger charge is 2.23. The number of anilines is 2. The molecule has 0 aliphatic heterocycles. The summed E-state index contributed by atoms with van der Waals surface area (Å²) >= 11 is 5.35. The van der Waals surface area contributed by atoms with Crippen molar-refractivity contribution < 1.29 is 14.5 Å². The molecule has 1 amide bonds. The molecular weight excluding hydrogens is 416 g/mol. The second kappa shape index (κ2) is 10.2. The highest BCUT2D eigenvalue weighted by atomic mass is 32.1. The van der Waals surface area contributed by atoms with Crippen LogP contribution in [0.5, 0.6) is 5.75 Å². The first-order valence-electron chi connectivity index (χ1n) is 9.28. The fourth-order valence-corrected chi connectivity index (χ4v) is 3.09. The smallest absolute Gasteiger partial charge is 0.296 e. The van der Waals surface area contributed by atoms with Crippen LogP contribution >= 0.6 is 12.2 Å². The van der Waals surface area contributed by atoms with Crippen molar-refractivity contribution in [1.82, 2.24) is 5.32 Å². The SMILES string of the molecule is COc1ccc(NC(=S)NC(C(=O)Nc2ccccc2)c2ccccc2)c([N+](=O)[O-])c1. The Kier molecular flexibility index (Phi) is 7.13. The standard InChI is InChI=1S/C22H20N4O4S/c1-30-17-12-13-18(19(14-17)26(28)29)24-22(31)25-20(15-8-4-2-5-9-15)21(27)23-16-10-6-3-7-11-16/h2-14,20H,1H3,(H,23,27)(H2,24,25,31). The van der Waals surface area contributed by atoms with E-state index in [9.17, 15) is 14.9 Å². The van der Waals surface area contributed by atoms with Gasteiger partial charge in [0.05, 0.1) is 18.1 Å². The molecule has 0 radical (unpaired) electrons. The molecule has 0 aliphatic carbocycles. The van der Waals surface area contributed by atoms with Gasteiger partial charge in [-0.3, -0.25) is 14.9 Å². The first-order valence-corrected chi connectivity index (χ1v) is 9.69. The van der Waals surface area contributed by atoms with E-state index in [1.54, 1.807) is 30.3 Å². The van der Waals surface area contributed by atoms with Crippen molar-refractivity contribution in [2.75, 3.05) is 17.7 Å². The van der Waals surface area contributed by atoms with Crippen LogP contribution in [0.3, 0.4) is 0 Å². The van der Waals surface area contributed by atoms with Gasteiger partial charge >= 0.3 is 0 Å². The topological polar surface area (TPSA) is 106 Å². The molecule has 3 rings (SSSR count). The van der Waals surface area contributed by atoms with Crippen LogP contribution in [0.1, 0.15) is 11.6 Å². The lowest BCUT2D eigenvalue weighted by Crippen LogP contribution is -2.39. The van der Waals surface area contributed by atoms with Gasteiger partial charge in [0.1, 0.15) is 17.5 Å². The third-order valence-corrected chi connectivity index (χ3v) is 4.58. The average Bonchev–Trinajstić information content (AvgIpc) is 2.78. The highest BCUT2D eigenvalue weighted by Crippen LogP contribution is 2.29. The van der Waals surface area contributed by atoms with E-state index in [4.69, 9.17) is 17.0 Å². The van der Waals surface area contributed by atoms with Crippen LogP contribution < -0.4 is 20.7 Å². The van der Waals surface area contributed by atoms with Gasteiger partial charge in [-0.05, 0) is 42.0 Å². The number of rotatable bonds is 7. The zero-order valence-corrected chi connectivity index (χ0v) is 17.4. The van der Waals surface area contributed by atoms with Crippen molar-refractivity contribution in [3.8, 4) is 5.75 Å². The Bertz CT molecular complexity index is 1080. The second-order valence-electron chi connectivity index (χ2n) is 6.44. The van der Waals surface area contributed by atoms with E-state index in [0.717, 1.165) is 0 Å². The van der Waals surface area contributed by atoms with E-state index in [1.165, 1.54) is 19.2 Å². The van der Waals surface area contributed by atoms with Crippen LogP contribution in [0, 0.1) is 10.1 Å². The van der Waals surface area contributed by atoms with E-state index in [2.05, 4.69) is 16.0 Å². The second-order valence-corrected chi connectivity index (χ2v) is 6.85. The molecule has 158 valence electrons. The minimum absolute atomic E-state index is 0.0605. The summed E-state index contributed by atoms with van der Waals surface area (Å²) in [5.41, 5.74) is 1.30. The quantitative estimate of drug-likeness (QED) is 0.289. The number of nitrogens with zero attached hydrogens (tertiary/aromatic N) is 1. The van der Waals surface area contributed by atoms with E-state index in [1.807, 2.05) is 36.4 Å². The summed E-state index contributed by atoms with van der Waals surface area (Å²) in [6.07, 6.45) is 0. The number of nitro groups is 1. The third kappa shape index (κ3) is 5.77. The van der Waals surface area contributed by atoms with Crippen LogP contribution in [0.15, 0.2) is 78.9 Å². The summed E-state index contributed by atoms with van der Waals surface area (Å²) in [4.78, 5) is 23.8. The number of nitrogens with one attached hydrogen (secondary N) is 3. The number of hydrogen-bond donors (Lipinski definition) is 3. The predicted molar refractivity (Wildman–Crippen MR) is 123 cm³/mol. The van der Waals surface area contributed by atoms with Crippen LogP contribution in [0.2, 0.25) is 0 Å². The van der Waals surface area contributed by atoms with Crippen molar-refractivity contribution in [3.63, 3.8) is 0 Å². The van der Waals surface area contributed by atoms with Crippen LogP contribution in [0.25, 0.3) is 0 Å². The van der Waals surface area contributed by atoms with Gasteiger partial charge in [-0.15, -0.1) is 0 Å². The molecule has 0 aliphatic rings. The number of carbonyl (C=O) groups is 1. The van der Waals surface area contributed by atoms with E-state index < -0.39 is 11.0 Å². The Hall–Kier alpha value is -3.98. The Balaban J connectivity index is 1.81. The largest absolute Gasteiger partial charge is 0.496 e. The first-order chi connectivity index (χ1) is 15.0. The van der Waals surface area contributed by atoms with Crippen molar-refractivity contribution in [3.05, 3.63) is 94.5 Å². The number of nitro benzene ring substituents is 1. The molecule has 0 heterocycles. The van der Waals surface area contributed by atoms with Crippen LogP contribution in [-0.4, -0.2) is 23.1 Å². The molecule has 9 heteroatoms. The van der Waals surface area contributed by atoms with E-state index >= 15 is 0 Å². The minimum Gasteiger partial charge on any atom is -0.496 e. The molecule has 31 heavy (non-hydrogen) atoms. The van der Waals surface area contributed by atoms with Gasteiger partial charge in [0.15, 0.2) is 5.11 Å². The zero-order valence-electron chi connectivity index (χ0n) is 16.6. The number of amides is 1. The summed E-state index contributed by atoms with van der Waals surface area (Å²) in [6, 6.07) is 21.6. The number of benzene rings is 3. The van der Waals surface area contributed by atoms with Crippen molar-refractivity contribution in [2.45, 2.75) is 6.04 Å². The van der Waals surface area contributed by atoms with Crippen molar-refractivity contribution in [1.29, 1.82) is 0 Å². The molecule has 3 aromatic rings. The number of ether oxygens (including phenoxy) is 1. The molecule has 0 saturated carbocycles. The molecule has 0 aromatic heterocycles. The summed E-state index contributed by atoms with van der Waals surface area (Å²) in [5, 5.41) is 20.1. The van der Waals surface area contributed by atoms with Gasteiger partial charge in [-0.2, -0.15) is 0 Å². The number of thiocarbonyl (C=S) groups is 1. The summed E-state index contributed by atoms with van der Waals surface area (Å²) < 4.78 is 5.04. The fourth-order valence-electron chi connectivity index (χ4n) is 2.87. The normalized spacial score (nSPS) is 11.1. The number of methoxy groups -OCH3 is 1. The van der Waals surface area contributed by atoms with Crippen molar-refractivity contribution >= 4 is 40.3 Å². The molecule has 1 atom stereocenters. The Morgan fingerprint density at radius 3 is 2.26 bits per heavy atom. The molecule has 0 bridgehead atoms. The molecular formula is C22H20N4O4S. The molecule has 0 spiro atoms. The van der Waals surface area contributed by atoms with Gasteiger partial charge in [0.2, 0.25) is 0 Å². The molecule has 3 aromatic carbocycles. The highest BCUT2D eigenvalue weighted by molar-refractivity contribution is 7.80. The maximum absolute atomic E-state index is 13.0. The molecule has 8 nitrogen and oxygen atoms in total. The van der Waals surface area contributed by atoms with Gasteiger partial charge < -0.3 is 20.7 Å². The van der Waals surface area contributed by atoms with Gasteiger partial charge in [-0.1, -0.05) is 48.5 Å². The summed E-state index contributed by atoms with van der Waals surface area (Å²) in [6.45, 7) is 0. The summed E-state index contributed by atoms with van der Waals surface area (Å²) in [5.74, 6) is 0.0197. The predicted octanol–water partition coefficient (Wildman–Crippen LogP) is 4.27. The lowest BCUT2D eigenvalue weighted by Gasteiger charge is -2.21. The Morgan fingerprint density at radius 1 is 1.00 bits per heavy atom. The third-order valence-electron chi connectivity index (χ3n) is 4.36.